The van der Waals surface area contributed by atoms with Crippen LogP contribution < -0.4 is 15.2 Å². The molecule has 6 nitrogen and oxygen atoms in total. The Morgan fingerprint density at radius 3 is 2.25 bits per heavy atom. The normalized spacial score (nSPS) is 10.6. The number of nitrogens with zero attached hydrogens (tertiary/aromatic N) is 1. The Labute approximate surface area is 138 Å². The first-order valence-electron chi connectivity index (χ1n) is 6.92. The molecule has 2 aromatic carbocycles. The predicted octanol–water partition coefficient (Wildman–Crippen LogP) is 1.60. The molecule has 1 N–H and O–H groups in total. The zero-order chi connectivity index (χ0) is 17.5. The summed E-state index contributed by atoms with van der Waals surface area (Å²) in [5.74, 6) is -1.20. The molecule has 120 valence electrons. The van der Waals surface area contributed by atoms with Crippen molar-refractivity contribution in [2.45, 2.75) is 0 Å². The number of carbonyl (C=O) groups is 2. The Morgan fingerprint density at radius 2 is 1.75 bits per heavy atom. The molecule has 0 aliphatic carbocycles. The minimum Gasteiger partial charge on any atom is -0.545 e. The van der Waals surface area contributed by atoms with Gasteiger partial charge in [0.25, 0.3) is 5.91 Å². The lowest BCUT2D eigenvalue weighted by Crippen LogP contribution is -2.21. The molecule has 0 heterocycles. The molecule has 24 heavy (non-hydrogen) atoms. The molecule has 0 bridgehead atoms. The van der Waals surface area contributed by atoms with Gasteiger partial charge in [0.15, 0.2) is 0 Å². The van der Waals surface area contributed by atoms with Crippen LogP contribution in [0.2, 0.25) is 0 Å². The molecule has 1 amide bonds. The topological polar surface area (TPSA) is 102 Å². The summed E-state index contributed by atoms with van der Waals surface area (Å²) in [5.41, 5.74) is 0.969. The van der Waals surface area contributed by atoms with Gasteiger partial charge in [0.05, 0.1) is 13.1 Å². The number of amides is 1. The van der Waals surface area contributed by atoms with E-state index in [1.54, 1.807) is 24.3 Å². The van der Waals surface area contributed by atoms with Gasteiger partial charge in [0.1, 0.15) is 17.4 Å². The van der Waals surface area contributed by atoms with E-state index < -0.39 is 11.9 Å². The molecule has 0 aliphatic rings. The van der Waals surface area contributed by atoms with E-state index in [0.717, 1.165) is 0 Å². The maximum absolute atomic E-state index is 12.1. The average molecular weight is 321 g/mol. The number of ether oxygens (including phenoxy) is 1. The quantitative estimate of drug-likeness (QED) is 0.665. The SMILES string of the molecule is COc1ccc(NC(=O)/C(C#N)=C\c2ccc(C(=O)[O-])cc2)cc1. The van der Waals surface area contributed by atoms with E-state index >= 15 is 0 Å². The number of rotatable bonds is 5. The predicted molar refractivity (Wildman–Crippen MR) is 86.0 cm³/mol. The number of carboxylic acids is 1. The van der Waals surface area contributed by atoms with Crippen LogP contribution in [0.4, 0.5) is 5.69 Å². The lowest BCUT2D eigenvalue weighted by atomic mass is 10.1. The van der Waals surface area contributed by atoms with Gasteiger partial charge in [-0.25, -0.2) is 0 Å². The van der Waals surface area contributed by atoms with Gasteiger partial charge >= 0.3 is 0 Å². The first kappa shape index (κ1) is 16.8. The van der Waals surface area contributed by atoms with E-state index in [-0.39, 0.29) is 11.1 Å². The second-order valence-electron chi connectivity index (χ2n) is 4.76. The third-order valence-electron chi connectivity index (χ3n) is 3.17. The van der Waals surface area contributed by atoms with E-state index in [4.69, 9.17) is 10.00 Å². The van der Waals surface area contributed by atoms with Crippen LogP contribution in [-0.2, 0) is 4.79 Å². The van der Waals surface area contributed by atoms with Gasteiger partial charge in [0.2, 0.25) is 0 Å². The lowest BCUT2D eigenvalue weighted by Gasteiger charge is -2.06. The van der Waals surface area contributed by atoms with E-state index in [0.29, 0.717) is 17.0 Å². The Bertz CT molecular complexity index is 816. The van der Waals surface area contributed by atoms with Crippen molar-refractivity contribution < 1.29 is 19.4 Å². The second kappa shape index (κ2) is 7.61. The molecule has 0 spiro atoms. The Morgan fingerprint density at radius 1 is 1.12 bits per heavy atom. The standard InChI is InChI=1S/C18H14N2O4/c1-24-16-8-6-15(7-9-16)20-17(21)14(11-19)10-12-2-4-13(5-3-12)18(22)23/h2-10H,1H3,(H,20,21)(H,22,23)/p-1/b14-10-. The lowest BCUT2D eigenvalue weighted by molar-refractivity contribution is -0.255. The third kappa shape index (κ3) is 4.21. The summed E-state index contributed by atoms with van der Waals surface area (Å²) in [6.07, 6.45) is 1.37. The van der Waals surface area contributed by atoms with Crippen LogP contribution in [0.15, 0.2) is 54.1 Å². The fraction of sp³-hybridized carbons (Fsp3) is 0.0556. The van der Waals surface area contributed by atoms with Crippen LogP contribution in [0, 0.1) is 11.3 Å². The maximum atomic E-state index is 12.1. The van der Waals surface area contributed by atoms with Gasteiger partial charge in [-0.2, -0.15) is 5.26 Å². The number of nitrogens with one attached hydrogen (secondary N) is 1. The molecule has 0 aliphatic heterocycles. The van der Waals surface area contributed by atoms with Gasteiger partial charge < -0.3 is 20.0 Å². The van der Waals surface area contributed by atoms with Gasteiger partial charge in [-0.05, 0) is 41.5 Å². The molecule has 0 saturated carbocycles. The zero-order valence-electron chi connectivity index (χ0n) is 12.8. The summed E-state index contributed by atoms with van der Waals surface area (Å²) >= 11 is 0. The molecule has 0 atom stereocenters. The first-order chi connectivity index (χ1) is 11.5. The number of aromatic carboxylic acids is 1. The Kier molecular flexibility index (Phi) is 5.32. The third-order valence-corrected chi connectivity index (χ3v) is 3.17. The number of carboxylic acid groups (broad SMARTS) is 1. The van der Waals surface area contributed by atoms with E-state index in [2.05, 4.69) is 5.32 Å². The molecule has 2 aromatic rings. The van der Waals surface area contributed by atoms with Crippen molar-refractivity contribution >= 4 is 23.6 Å². The minimum absolute atomic E-state index is 0.0216. The number of anilines is 1. The summed E-state index contributed by atoms with van der Waals surface area (Å²) < 4.78 is 5.03. The highest BCUT2D eigenvalue weighted by Gasteiger charge is 2.09. The summed E-state index contributed by atoms with van der Waals surface area (Å²) in [4.78, 5) is 22.8. The summed E-state index contributed by atoms with van der Waals surface area (Å²) in [7, 11) is 1.54. The number of nitriles is 1. The van der Waals surface area contributed by atoms with Gasteiger partial charge in [0, 0.05) is 5.69 Å². The van der Waals surface area contributed by atoms with Crippen LogP contribution >= 0.6 is 0 Å². The maximum Gasteiger partial charge on any atom is 0.266 e. The van der Waals surface area contributed by atoms with Crippen molar-refractivity contribution in [2.24, 2.45) is 0 Å². The largest absolute Gasteiger partial charge is 0.545 e. The second-order valence-corrected chi connectivity index (χ2v) is 4.76. The summed E-state index contributed by atoms with van der Waals surface area (Å²) in [6, 6.07) is 14.2. The average Bonchev–Trinajstić information content (AvgIpc) is 2.60. The van der Waals surface area contributed by atoms with Crippen LogP contribution in [0.25, 0.3) is 6.08 Å². The molecule has 0 radical (unpaired) electrons. The number of hydrogen-bond acceptors (Lipinski definition) is 5. The summed E-state index contributed by atoms with van der Waals surface area (Å²) in [5, 5.41) is 22.5. The van der Waals surface area contributed by atoms with Crippen molar-refractivity contribution in [2.75, 3.05) is 12.4 Å². The number of hydrogen-bond donors (Lipinski definition) is 1. The van der Waals surface area contributed by atoms with E-state index in [1.807, 2.05) is 6.07 Å². The molecule has 6 heteroatoms. The monoisotopic (exact) mass is 321 g/mol. The number of carbonyl (C=O) groups excluding carboxylic acids is 2. The van der Waals surface area contributed by atoms with E-state index in [1.165, 1.54) is 37.5 Å². The summed E-state index contributed by atoms with van der Waals surface area (Å²) in [6.45, 7) is 0. The van der Waals surface area contributed by atoms with Gasteiger partial charge in [-0.3, -0.25) is 4.79 Å². The molecular formula is C18H13N2O4-. The van der Waals surface area contributed by atoms with Crippen LogP contribution in [0.3, 0.4) is 0 Å². The number of methoxy groups -OCH3 is 1. The molecule has 0 saturated heterocycles. The molecule has 0 aromatic heterocycles. The van der Waals surface area contributed by atoms with Crippen LogP contribution in [0.5, 0.6) is 5.75 Å². The van der Waals surface area contributed by atoms with Gasteiger partial charge in [-0.15, -0.1) is 0 Å². The van der Waals surface area contributed by atoms with Gasteiger partial charge in [-0.1, -0.05) is 24.3 Å². The fourth-order valence-electron chi connectivity index (χ4n) is 1.90. The highest BCUT2D eigenvalue weighted by Crippen LogP contribution is 2.16. The van der Waals surface area contributed by atoms with E-state index in [9.17, 15) is 14.7 Å². The smallest absolute Gasteiger partial charge is 0.266 e. The first-order valence-corrected chi connectivity index (χ1v) is 6.92. The fourth-order valence-corrected chi connectivity index (χ4v) is 1.90. The Balaban J connectivity index is 2.15. The van der Waals surface area contributed by atoms with Crippen molar-refractivity contribution in [3.63, 3.8) is 0 Å². The number of benzene rings is 2. The van der Waals surface area contributed by atoms with Crippen molar-refractivity contribution in [1.82, 2.24) is 0 Å². The van der Waals surface area contributed by atoms with Crippen LogP contribution in [0.1, 0.15) is 15.9 Å². The minimum atomic E-state index is -1.29. The molecule has 0 unspecified atom stereocenters. The molecule has 0 fully saturated rings. The van der Waals surface area contributed by atoms with Crippen LogP contribution in [-0.4, -0.2) is 19.0 Å². The van der Waals surface area contributed by atoms with Crippen molar-refractivity contribution in [3.8, 4) is 11.8 Å². The van der Waals surface area contributed by atoms with Crippen molar-refractivity contribution in [3.05, 3.63) is 65.2 Å². The Hall–Kier alpha value is -3.59. The molecular weight excluding hydrogens is 308 g/mol. The highest BCUT2D eigenvalue weighted by molar-refractivity contribution is 6.09. The molecule has 2 rings (SSSR count). The highest BCUT2D eigenvalue weighted by atomic mass is 16.5. The zero-order valence-corrected chi connectivity index (χ0v) is 12.8. The van der Waals surface area contributed by atoms with Crippen molar-refractivity contribution in [1.29, 1.82) is 5.26 Å².